The summed E-state index contributed by atoms with van der Waals surface area (Å²) in [5, 5.41) is 0. The van der Waals surface area contributed by atoms with Gasteiger partial charge in [0.2, 0.25) is 0 Å². The zero-order chi connectivity index (χ0) is 10.3. The summed E-state index contributed by atoms with van der Waals surface area (Å²) in [5.74, 6) is 2.46. The van der Waals surface area contributed by atoms with Gasteiger partial charge in [0.1, 0.15) is 0 Å². The molecule has 0 aromatic heterocycles. The van der Waals surface area contributed by atoms with Crippen LogP contribution in [0, 0.1) is 19.3 Å². The molecule has 0 spiro atoms. The fourth-order valence-corrected chi connectivity index (χ4v) is 0.898. The molecule has 0 radical (unpaired) electrons. The highest BCUT2D eigenvalue weighted by molar-refractivity contribution is 5.79. The SMILES string of the molecule is C#Cc1cc(C)ccc1C=O.CC. The summed E-state index contributed by atoms with van der Waals surface area (Å²) in [5.41, 5.74) is 2.32. The number of terminal acetylenes is 1. The van der Waals surface area contributed by atoms with Crippen LogP contribution in [0.4, 0.5) is 0 Å². The Morgan fingerprint density at radius 1 is 1.38 bits per heavy atom. The Labute approximate surface area is 79.8 Å². The van der Waals surface area contributed by atoms with Crippen molar-refractivity contribution in [3.8, 4) is 12.3 Å². The molecule has 1 rings (SSSR count). The smallest absolute Gasteiger partial charge is 0.151 e. The fourth-order valence-electron chi connectivity index (χ4n) is 0.898. The van der Waals surface area contributed by atoms with E-state index in [1.165, 1.54) is 0 Å². The van der Waals surface area contributed by atoms with E-state index in [-0.39, 0.29) is 0 Å². The van der Waals surface area contributed by atoms with E-state index >= 15 is 0 Å². The molecule has 0 N–H and O–H groups in total. The average molecular weight is 174 g/mol. The van der Waals surface area contributed by atoms with E-state index in [1.54, 1.807) is 6.07 Å². The van der Waals surface area contributed by atoms with Gasteiger partial charge in [-0.2, -0.15) is 0 Å². The van der Waals surface area contributed by atoms with Crippen molar-refractivity contribution < 1.29 is 4.79 Å². The number of carbonyl (C=O) groups excluding carboxylic acids is 1. The Bertz CT molecular complexity index is 318. The monoisotopic (exact) mass is 174 g/mol. The number of hydrogen-bond acceptors (Lipinski definition) is 1. The predicted octanol–water partition coefficient (Wildman–Crippen LogP) is 2.82. The van der Waals surface area contributed by atoms with Crippen molar-refractivity contribution in [1.82, 2.24) is 0 Å². The van der Waals surface area contributed by atoms with E-state index in [4.69, 9.17) is 6.42 Å². The summed E-state index contributed by atoms with van der Waals surface area (Å²) < 4.78 is 0. The van der Waals surface area contributed by atoms with Crippen LogP contribution in [0.5, 0.6) is 0 Å². The van der Waals surface area contributed by atoms with Crippen LogP contribution in [0.15, 0.2) is 18.2 Å². The maximum atomic E-state index is 10.4. The summed E-state index contributed by atoms with van der Waals surface area (Å²) in [6.45, 7) is 5.94. The molecule has 1 nitrogen and oxygen atoms in total. The molecule has 1 aromatic rings. The molecule has 0 aliphatic rings. The molecule has 0 amide bonds. The van der Waals surface area contributed by atoms with Gasteiger partial charge >= 0.3 is 0 Å². The van der Waals surface area contributed by atoms with Crippen LogP contribution in [0.1, 0.15) is 35.3 Å². The molecular formula is C12H14O. The Hall–Kier alpha value is -1.55. The van der Waals surface area contributed by atoms with Crippen LogP contribution >= 0.6 is 0 Å². The van der Waals surface area contributed by atoms with Gasteiger partial charge in [0.15, 0.2) is 6.29 Å². The minimum atomic E-state index is 0.582. The molecule has 0 heterocycles. The molecule has 0 atom stereocenters. The lowest BCUT2D eigenvalue weighted by Crippen LogP contribution is -1.87. The highest BCUT2D eigenvalue weighted by Crippen LogP contribution is 2.07. The van der Waals surface area contributed by atoms with Crippen LogP contribution in [-0.4, -0.2) is 6.29 Å². The summed E-state index contributed by atoms with van der Waals surface area (Å²) in [6, 6.07) is 5.42. The van der Waals surface area contributed by atoms with Gasteiger partial charge in [0, 0.05) is 11.1 Å². The molecule has 0 aliphatic heterocycles. The second kappa shape index (κ2) is 6.02. The third-order valence-corrected chi connectivity index (χ3v) is 1.49. The summed E-state index contributed by atoms with van der Waals surface area (Å²) >= 11 is 0. The van der Waals surface area contributed by atoms with Gasteiger partial charge in [-0.1, -0.05) is 31.9 Å². The zero-order valence-corrected chi connectivity index (χ0v) is 8.29. The zero-order valence-electron chi connectivity index (χ0n) is 8.29. The molecule has 0 unspecified atom stereocenters. The largest absolute Gasteiger partial charge is 0.298 e. The van der Waals surface area contributed by atoms with Gasteiger partial charge in [-0.3, -0.25) is 4.79 Å². The van der Waals surface area contributed by atoms with Crippen LogP contribution in [0.2, 0.25) is 0 Å². The van der Waals surface area contributed by atoms with Crippen LogP contribution < -0.4 is 0 Å². The van der Waals surface area contributed by atoms with Crippen molar-refractivity contribution in [2.45, 2.75) is 20.8 Å². The quantitative estimate of drug-likeness (QED) is 0.472. The van der Waals surface area contributed by atoms with Crippen molar-refractivity contribution in [3.05, 3.63) is 34.9 Å². The van der Waals surface area contributed by atoms with E-state index in [2.05, 4.69) is 5.92 Å². The Morgan fingerprint density at radius 3 is 2.46 bits per heavy atom. The van der Waals surface area contributed by atoms with Crippen molar-refractivity contribution in [2.75, 3.05) is 0 Å². The lowest BCUT2D eigenvalue weighted by Gasteiger charge is -1.96. The van der Waals surface area contributed by atoms with Crippen molar-refractivity contribution in [1.29, 1.82) is 0 Å². The molecule has 0 fully saturated rings. The fraction of sp³-hybridized carbons (Fsp3) is 0.250. The highest BCUT2D eigenvalue weighted by Gasteiger charge is 1.96. The topological polar surface area (TPSA) is 17.1 Å². The lowest BCUT2D eigenvalue weighted by molar-refractivity contribution is 0.112. The van der Waals surface area contributed by atoms with Crippen LogP contribution in [-0.2, 0) is 0 Å². The molecule has 13 heavy (non-hydrogen) atoms. The number of aldehydes is 1. The first-order chi connectivity index (χ1) is 6.27. The highest BCUT2D eigenvalue weighted by atomic mass is 16.1. The first-order valence-corrected chi connectivity index (χ1v) is 4.30. The molecular weight excluding hydrogens is 160 g/mol. The standard InChI is InChI=1S/C10H8O.C2H6/c1-3-9-6-8(2)4-5-10(9)7-11;1-2/h1,4-7H,2H3;1-2H3. The van der Waals surface area contributed by atoms with Gasteiger partial charge < -0.3 is 0 Å². The van der Waals surface area contributed by atoms with Crippen LogP contribution in [0.25, 0.3) is 0 Å². The van der Waals surface area contributed by atoms with E-state index in [9.17, 15) is 4.79 Å². The van der Waals surface area contributed by atoms with E-state index in [0.29, 0.717) is 11.1 Å². The Kier molecular flexibility index (Phi) is 5.30. The second-order valence-electron chi connectivity index (χ2n) is 2.35. The second-order valence-corrected chi connectivity index (χ2v) is 2.35. The van der Waals surface area contributed by atoms with Crippen molar-refractivity contribution in [2.24, 2.45) is 0 Å². The Morgan fingerprint density at radius 2 is 2.00 bits per heavy atom. The number of aryl methyl sites for hydroxylation is 1. The van der Waals surface area contributed by atoms with Crippen molar-refractivity contribution in [3.63, 3.8) is 0 Å². The number of hydrogen-bond donors (Lipinski definition) is 0. The van der Waals surface area contributed by atoms with Gasteiger partial charge in [-0.15, -0.1) is 6.42 Å². The van der Waals surface area contributed by atoms with Gasteiger partial charge in [0.05, 0.1) is 0 Å². The average Bonchev–Trinajstić information content (AvgIpc) is 2.20. The lowest BCUT2D eigenvalue weighted by atomic mass is 10.1. The molecule has 1 heteroatoms. The van der Waals surface area contributed by atoms with Crippen LogP contribution in [0.3, 0.4) is 0 Å². The normalized spacial score (nSPS) is 7.85. The summed E-state index contributed by atoms with van der Waals surface area (Å²) in [6.07, 6.45) is 5.96. The molecule has 0 aliphatic carbocycles. The summed E-state index contributed by atoms with van der Waals surface area (Å²) in [7, 11) is 0. The first-order valence-electron chi connectivity index (χ1n) is 4.30. The van der Waals surface area contributed by atoms with Gasteiger partial charge in [0.25, 0.3) is 0 Å². The predicted molar refractivity (Wildman–Crippen MR) is 55.8 cm³/mol. The van der Waals surface area contributed by atoms with Gasteiger partial charge in [-0.25, -0.2) is 0 Å². The maximum Gasteiger partial charge on any atom is 0.151 e. The third-order valence-electron chi connectivity index (χ3n) is 1.49. The van der Waals surface area contributed by atoms with E-state index in [1.807, 2.05) is 32.9 Å². The van der Waals surface area contributed by atoms with E-state index < -0.39 is 0 Å². The minimum absolute atomic E-state index is 0.582. The maximum absolute atomic E-state index is 10.4. The van der Waals surface area contributed by atoms with E-state index in [0.717, 1.165) is 11.8 Å². The van der Waals surface area contributed by atoms with Crippen molar-refractivity contribution >= 4 is 6.29 Å². The number of benzene rings is 1. The molecule has 68 valence electrons. The Balaban J connectivity index is 0.000000671. The third kappa shape index (κ3) is 3.13. The minimum Gasteiger partial charge on any atom is -0.298 e. The first kappa shape index (κ1) is 11.4. The molecule has 0 bridgehead atoms. The molecule has 0 saturated heterocycles. The molecule has 1 aromatic carbocycles. The van der Waals surface area contributed by atoms with Gasteiger partial charge in [-0.05, 0) is 18.6 Å². The number of rotatable bonds is 1. The molecule has 0 saturated carbocycles. The number of carbonyl (C=O) groups is 1. The summed E-state index contributed by atoms with van der Waals surface area (Å²) in [4.78, 5) is 10.4.